The monoisotopic (exact) mass is 615 g/mol. The lowest BCUT2D eigenvalue weighted by Crippen LogP contribution is -2.15. The highest BCUT2D eigenvalue weighted by atomic mass is 32.2. The molecule has 0 amide bonds. The van der Waals surface area contributed by atoms with Crippen LogP contribution >= 0.6 is 0 Å². The van der Waals surface area contributed by atoms with E-state index < -0.39 is 10.9 Å². The van der Waals surface area contributed by atoms with E-state index in [0.29, 0.717) is 22.8 Å². The molecule has 226 valence electrons. The molecule has 0 saturated carbocycles. The van der Waals surface area contributed by atoms with Crippen LogP contribution in [0.4, 0.5) is 0 Å². The molecule has 0 aliphatic heterocycles. The van der Waals surface area contributed by atoms with E-state index >= 15 is 0 Å². The van der Waals surface area contributed by atoms with Crippen molar-refractivity contribution in [1.82, 2.24) is 0 Å². The summed E-state index contributed by atoms with van der Waals surface area (Å²) in [6.45, 7) is 2.47. The van der Waals surface area contributed by atoms with Gasteiger partial charge in [-0.3, -0.25) is 0 Å². The van der Waals surface area contributed by atoms with Crippen LogP contribution in [0.15, 0.2) is 145 Å². The van der Waals surface area contributed by atoms with Gasteiger partial charge in [-0.1, -0.05) is 48.5 Å². The first-order valence-electron chi connectivity index (χ1n) is 14.9. The van der Waals surface area contributed by atoms with Crippen molar-refractivity contribution < 1.29 is 18.6 Å². The molecule has 0 saturated heterocycles. The minimum absolute atomic E-state index is 0.343. The van der Waals surface area contributed by atoms with Gasteiger partial charge in [0.15, 0.2) is 9.79 Å². The van der Waals surface area contributed by atoms with Gasteiger partial charge in [0.05, 0.1) is 20.8 Å². The number of hydrogen-bond donors (Lipinski definition) is 0. The van der Waals surface area contributed by atoms with E-state index in [9.17, 15) is 4.79 Å². The third-order valence-electron chi connectivity index (χ3n) is 7.66. The summed E-state index contributed by atoms with van der Waals surface area (Å²) in [5.74, 6) is 2.37. The Morgan fingerprint density at radius 3 is 1.47 bits per heavy atom. The third-order valence-corrected chi connectivity index (χ3v) is 9.87. The van der Waals surface area contributed by atoms with Crippen molar-refractivity contribution in [2.75, 3.05) is 20.8 Å². The van der Waals surface area contributed by atoms with Crippen molar-refractivity contribution >= 4 is 21.9 Å². The standard InChI is InChI=1S/C39H35O5S/c1-4-43-34-18-13-31-25-38(39(40)44-37(31)26-34)45(35-19-9-29(10-20-35)23-27-5-14-32(41-2)15-6-27)36-21-11-30(12-22-36)24-28-7-16-33(42-3)17-8-28/h5-22,25-26H,4,23-24H2,1-3H3/q+1. The van der Waals surface area contributed by atoms with Gasteiger partial charge in [0.25, 0.3) is 4.90 Å². The molecule has 1 aromatic heterocycles. The van der Waals surface area contributed by atoms with E-state index in [0.717, 1.165) is 39.5 Å². The molecule has 5 aromatic carbocycles. The molecule has 0 N–H and O–H groups in total. The Kier molecular flexibility index (Phi) is 9.22. The van der Waals surface area contributed by atoms with E-state index in [2.05, 4.69) is 72.8 Å². The van der Waals surface area contributed by atoms with Gasteiger partial charge in [0.2, 0.25) is 0 Å². The van der Waals surface area contributed by atoms with Crippen molar-refractivity contribution in [1.29, 1.82) is 0 Å². The summed E-state index contributed by atoms with van der Waals surface area (Å²) in [6.07, 6.45) is 1.61. The fraction of sp³-hybridized carbons (Fsp3) is 0.154. The summed E-state index contributed by atoms with van der Waals surface area (Å²) in [5.41, 5.74) is 4.97. The summed E-state index contributed by atoms with van der Waals surface area (Å²) in [5, 5.41) is 0.859. The highest BCUT2D eigenvalue weighted by Gasteiger charge is 2.33. The Morgan fingerprint density at radius 2 is 1.02 bits per heavy atom. The van der Waals surface area contributed by atoms with Crippen LogP contribution in [-0.2, 0) is 23.7 Å². The van der Waals surface area contributed by atoms with Crippen molar-refractivity contribution in [2.24, 2.45) is 0 Å². The second-order valence-corrected chi connectivity index (χ2v) is 12.7. The van der Waals surface area contributed by atoms with Gasteiger partial charge in [-0.25, -0.2) is 4.79 Å². The van der Waals surface area contributed by atoms with Crippen LogP contribution < -0.4 is 19.8 Å². The fourth-order valence-electron chi connectivity index (χ4n) is 5.31. The molecule has 6 aromatic rings. The number of methoxy groups -OCH3 is 2. The summed E-state index contributed by atoms with van der Waals surface area (Å²) >= 11 is 0. The Morgan fingerprint density at radius 1 is 0.578 bits per heavy atom. The average Bonchev–Trinajstić information content (AvgIpc) is 3.07. The van der Waals surface area contributed by atoms with Crippen molar-refractivity contribution in [3.8, 4) is 17.2 Å². The van der Waals surface area contributed by atoms with Gasteiger partial charge in [0.1, 0.15) is 33.7 Å². The second kappa shape index (κ2) is 13.8. The van der Waals surface area contributed by atoms with Crippen molar-refractivity contribution in [3.05, 3.63) is 154 Å². The average molecular weight is 616 g/mol. The molecule has 0 spiro atoms. The predicted molar refractivity (Wildman–Crippen MR) is 180 cm³/mol. The van der Waals surface area contributed by atoms with Gasteiger partial charge in [-0.05, 0) is 103 Å². The molecule has 0 fully saturated rings. The van der Waals surface area contributed by atoms with Crippen LogP contribution in [0.2, 0.25) is 0 Å². The molecule has 5 nitrogen and oxygen atoms in total. The Balaban J connectivity index is 1.34. The Labute approximate surface area is 266 Å². The third kappa shape index (κ3) is 7.08. The minimum atomic E-state index is -0.680. The molecule has 1 heterocycles. The first-order valence-corrected chi connectivity index (χ1v) is 16.1. The zero-order valence-corrected chi connectivity index (χ0v) is 26.4. The zero-order chi connectivity index (χ0) is 31.2. The number of rotatable bonds is 11. The van der Waals surface area contributed by atoms with Gasteiger partial charge >= 0.3 is 5.63 Å². The molecular formula is C39H35O5S+. The molecule has 0 aliphatic rings. The largest absolute Gasteiger partial charge is 0.497 e. The highest BCUT2D eigenvalue weighted by molar-refractivity contribution is 7.97. The predicted octanol–water partition coefficient (Wildman–Crippen LogP) is 8.49. The van der Waals surface area contributed by atoms with E-state index in [-0.39, 0.29) is 5.63 Å². The van der Waals surface area contributed by atoms with Crippen LogP contribution in [-0.4, -0.2) is 20.8 Å². The summed E-state index contributed by atoms with van der Waals surface area (Å²) < 4.78 is 22.1. The van der Waals surface area contributed by atoms with Gasteiger partial charge in [-0.2, -0.15) is 0 Å². The van der Waals surface area contributed by atoms with E-state index in [1.54, 1.807) is 20.3 Å². The molecule has 45 heavy (non-hydrogen) atoms. The van der Waals surface area contributed by atoms with Crippen molar-refractivity contribution in [3.63, 3.8) is 0 Å². The topological polar surface area (TPSA) is 57.9 Å². The smallest absolute Gasteiger partial charge is 0.393 e. The summed E-state index contributed by atoms with van der Waals surface area (Å²) in [7, 11) is 2.67. The molecule has 0 radical (unpaired) electrons. The SMILES string of the molecule is CCOc1ccc2cc([S+](c3ccc(Cc4ccc(OC)cc4)cc3)c3ccc(Cc4ccc(OC)cc4)cc3)c(=O)oc2c1. The lowest BCUT2D eigenvalue weighted by Gasteiger charge is -2.10. The zero-order valence-electron chi connectivity index (χ0n) is 25.6. The van der Waals surface area contributed by atoms with Crippen LogP contribution in [0.25, 0.3) is 11.0 Å². The van der Waals surface area contributed by atoms with Crippen LogP contribution in [0.3, 0.4) is 0 Å². The Bertz CT molecular complexity index is 1830. The molecule has 0 unspecified atom stereocenters. The molecule has 6 rings (SSSR count). The maximum atomic E-state index is 13.6. The number of benzene rings is 5. The first-order chi connectivity index (χ1) is 22.0. The summed E-state index contributed by atoms with van der Waals surface area (Å²) in [6, 6.07) is 41.0. The number of fused-ring (bicyclic) bond motifs is 1. The Hall–Kier alpha value is -4.94. The van der Waals surface area contributed by atoms with Crippen LogP contribution in [0, 0.1) is 0 Å². The molecule has 0 atom stereocenters. The maximum Gasteiger partial charge on any atom is 0.393 e. The van der Waals surface area contributed by atoms with Gasteiger partial charge in [0, 0.05) is 17.5 Å². The first kappa shape index (κ1) is 30.1. The number of hydrogen-bond acceptors (Lipinski definition) is 5. The van der Waals surface area contributed by atoms with Gasteiger partial charge in [-0.15, -0.1) is 0 Å². The minimum Gasteiger partial charge on any atom is -0.497 e. The highest BCUT2D eigenvalue weighted by Crippen LogP contribution is 2.33. The van der Waals surface area contributed by atoms with Gasteiger partial charge < -0.3 is 18.6 Å². The molecule has 0 aliphatic carbocycles. The lowest BCUT2D eigenvalue weighted by atomic mass is 10.1. The fourth-order valence-corrected chi connectivity index (χ4v) is 7.36. The summed E-state index contributed by atoms with van der Waals surface area (Å²) in [4.78, 5) is 16.3. The maximum absolute atomic E-state index is 13.6. The van der Waals surface area contributed by atoms with E-state index in [1.165, 1.54) is 22.3 Å². The van der Waals surface area contributed by atoms with Crippen LogP contribution in [0.1, 0.15) is 29.2 Å². The normalized spacial score (nSPS) is 11.1. The molecular weight excluding hydrogens is 580 g/mol. The van der Waals surface area contributed by atoms with E-state index in [1.807, 2.05) is 49.4 Å². The second-order valence-electron chi connectivity index (χ2n) is 10.7. The van der Waals surface area contributed by atoms with Crippen LogP contribution in [0.5, 0.6) is 17.2 Å². The lowest BCUT2D eigenvalue weighted by molar-refractivity contribution is 0.340. The van der Waals surface area contributed by atoms with Crippen molar-refractivity contribution in [2.45, 2.75) is 34.5 Å². The quantitative estimate of drug-likeness (QED) is 0.108. The molecule has 6 heteroatoms. The molecule has 0 bridgehead atoms. The van der Waals surface area contributed by atoms with E-state index in [4.69, 9.17) is 18.6 Å². The number of ether oxygens (including phenoxy) is 3.